The molecule has 0 aliphatic heterocycles. The molecule has 8 heavy (non-hydrogen) atoms. The van der Waals surface area contributed by atoms with Gasteiger partial charge in [0.05, 0.1) is 6.67 Å². The Labute approximate surface area is 62.0 Å². The van der Waals surface area contributed by atoms with Gasteiger partial charge in [-0.1, -0.05) is 22.6 Å². The molecule has 0 amide bonds. The van der Waals surface area contributed by atoms with Gasteiger partial charge in [-0.15, -0.1) is 0 Å². The molecule has 3 aliphatic carbocycles. The van der Waals surface area contributed by atoms with Crippen molar-refractivity contribution in [2.45, 2.75) is 22.7 Å². The van der Waals surface area contributed by atoms with Crippen molar-refractivity contribution in [2.24, 2.45) is 5.41 Å². The molecule has 3 rings (SSSR count). The third-order valence-electron chi connectivity index (χ3n) is 2.36. The molecule has 0 N–H and O–H groups in total. The summed E-state index contributed by atoms with van der Waals surface area (Å²) in [6.07, 6.45) is 3.45. The van der Waals surface area contributed by atoms with Crippen LogP contribution in [0.25, 0.3) is 0 Å². The molecule has 3 fully saturated rings. The van der Waals surface area contributed by atoms with E-state index in [1.807, 2.05) is 0 Å². The van der Waals surface area contributed by atoms with Crippen molar-refractivity contribution in [3.63, 3.8) is 0 Å². The molecule has 0 nitrogen and oxygen atoms in total. The molecular formula is C6H8FI. The van der Waals surface area contributed by atoms with E-state index in [0.717, 1.165) is 19.3 Å². The average molecular weight is 226 g/mol. The van der Waals surface area contributed by atoms with Crippen LogP contribution in [0.15, 0.2) is 0 Å². The molecule has 0 radical (unpaired) electrons. The molecule has 0 spiro atoms. The highest BCUT2D eigenvalue weighted by molar-refractivity contribution is 14.1. The molecule has 0 saturated heterocycles. The molecule has 0 unspecified atom stereocenters. The van der Waals surface area contributed by atoms with E-state index in [2.05, 4.69) is 22.6 Å². The van der Waals surface area contributed by atoms with E-state index in [1.165, 1.54) is 0 Å². The SMILES string of the molecule is FCC12CC(I)(C1)C2. The summed E-state index contributed by atoms with van der Waals surface area (Å²) in [5.41, 5.74) is 0.196. The Morgan fingerprint density at radius 1 is 1.38 bits per heavy atom. The first-order chi connectivity index (χ1) is 3.68. The van der Waals surface area contributed by atoms with Gasteiger partial charge in [-0.25, -0.2) is 0 Å². The Morgan fingerprint density at radius 3 is 2.00 bits per heavy atom. The van der Waals surface area contributed by atoms with Gasteiger partial charge in [-0.05, 0) is 19.3 Å². The lowest BCUT2D eigenvalue weighted by molar-refractivity contribution is -0.0799. The topological polar surface area (TPSA) is 0 Å². The van der Waals surface area contributed by atoms with Crippen LogP contribution in [-0.4, -0.2) is 10.1 Å². The summed E-state index contributed by atoms with van der Waals surface area (Å²) in [6, 6.07) is 0. The Hall–Kier alpha value is 0.660. The van der Waals surface area contributed by atoms with Crippen molar-refractivity contribution in [1.29, 1.82) is 0 Å². The highest BCUT2D eigenvalue weighted by Gasteiger charge is 2.66. The lowest BCUT2D eigenvalue weighted by atomic mass is 9.45. The van der Waals surface area contributed by atoms with Gasteiger partial charge in [0.2, 0.25) is 0 Å². The van der Waals surface area contributed by atoms with Crippen molar-refractivity contribution in [2.75, 3.05) is 6.67 Å². The van der Waals surface area contributed by atoms with Crippen molar-refractivity contribution in [3.8, 4) is 0 Å². The second kappa shape index (κ2) is 1.22. The minimum Gasteiger partial charge on any atom is -0.250 e. The zero-order valence-electron chi connectivity index (χ0n) is 4.58. The zero-order chi connectivity index (χ0) is 5.83. The van der Waals surface area contributed by atoms with Gasteiger partial charge < -0.3 is 0 Å². The summed E-state index contributed by atoms with van der Waals surface area (Å²) in [7, 11) is 0. The van der Waals surface area contributed by atoms with Crippen LogP contribution >= 0.6 is 22.6 Å². The Morgan fingerprint density at radius 2 is 1.88 bits per heavy atom. The predicted octanol–water partition coefficient (Wildman–Crippen LogP) is 2.31. The van der Waals surface area contributed by atoms with Gasteiger partial charge in [0, 0.05) is 8.84 Å². The maximum Gasteiger partial charge on any atom is 0.0952 e. The van der Waals surface area contributed by atoms with Crippen LogP contribution in [0.1, 0.15) is 19.3 Å². The van der Waals surface area contributed by atoms with Crippen LogP contribution in [0.2, 0.25) is 0 Å². The third kappa shape index (κ3) is 0.455. The largest absolute Gasteiger partial charge is 0.250 e. The Balaban J connectivity index is 2.04. The van der Waals surface area contributed by atoms with Gasteiger partial charge in [-0.3, -0.25) is 4.39 Å². The second-order valence-electron chi connectivity index (χ2n) is 3.31. The molecular weight excluding hydrogens is 218 g/mol. The number of hydrogen-bond acceptors (Lipinski definition) is 0. The smallest absolute Gasteiger partial charge is 0.0952 e. The van der Waals surface area contributed by atoms with E-state index in [0.29, 0.717) is 3.42 Å². The summed E-state index contributed by atoms with van der Waals surface area (Å²) in [6.45, 7) is -0.0717. The van der Waals surface area contributed by atoms with Gasteiger partial charge >= 0.3 is 0 Å². The van der Waals surface area contributed by atoms with Gasteiger partial charge in [0.1, 0.15) is 0 Å². The quantitative estimate of drug-likeness (QED) is 0.475. The molecule has 0 aromatic heterocycles. The second-order valence-corrected chi connectivity index (χ2v) is 5.60. The Kier molecular flexibility index (Phi) is 0.833. The van der Waals surface area contributed by atoms with Crippen molar-refractivity contribution in [3.05, 3.63) is 0 Å². The van der Waals surface area contributed by atoms with Crippen LogP contribution in [0.5, 0.6) is 0 Å². The number of rotatable bonds is 1. The van der Waals surface area contributed by atoms with E-state index >= 15 is 0 Å². The first-order valence-corrected chi connectivity index (χ1v) is 4.01. The van der Waals surface area contributed by atoms with Gasteiger partial charge in [0.25, 0.3) is 0 Å². The molecule has 2 heteroatoms. The normalized spacial score (nSPS) is 59.2. The molecule has 2 bridgehead atoms. The van der Waals surface area contributed by atoms with E-state index < -0.39 is 0 Å². The first kappa shape index (κ1) is 5.45. The number of hydrogen-bond donors (Lipinski definition) is 0. The van der Waals surface area contributed by atoms with E-state index in [9.17, 15) is 4.39 Å². The molecule has 46 valence electrons. The zero-order valence-corrected chi connectivity index (χ0v) is 6.74. The van der Waals surface area contributed by atoms with E-state index in [1.54, 1.807) is 0 Å². The lowest BCUT2D eigenvalue weighted by Gasteiger charge is -2.67. The van der Waals surface area contributed by atoms with Gasteiger partial charge in [-0.2, -0.15) is 0 Å². The monoisotopic (exact) mass is 226 g/mol. The van der Waals surface area contributed by atoms with E-state index in [4.69, 9.17) is 0 Å². The maximum atomic E-state index is 12.0. The fraction of sp³-hybridized carbons (Fsp3) is 1.00. The third-order valence-corrected chi connectivity index (χ3v) is 3.50. The van der Waals surface area contributed by atoms with Crippen LogP contribution in [-0.2, 0) is 0 Å². The molecule has 0 aromatic rings. The van der Waals surface area contributed by atoms with Crippen molar-refractivity contribution >= 4 is 22.6 Å². The molecule has 0 aromatic carbocycles. The highest BCUT2D eigenvalue weighted by atomic mass is 127. The predicted molar refractivity (Wildman–Crippen MR) is 39.0 cm³/mol. The van der Waals surface area contributed by atoms with Crippen molar-refractivity contribution in [1.82, 2.24) is 0 Å². The van der Waals surface area contributed by atoms with Crippen LogP contribution in [0, 0.1) is 5.41 Å². The van der Waals surface area contributed by atoms with Crippen molar-refractivity contribution < 1.29 is 4.39 Å². The summed E-state index contributed by atoms with van der Waals surface area (Å²) in [5, 5.41) is 0. The summed E-state index contributed by atoms with van der Waals surface area (Å²) in [4.78, 5) is 0. The molecule has 3 saturated carbocycles. The van der Waals surface area contributed by atoms with E-state index in [-0.39, 0.29) is 12.1 Å². The molecule has 0 heterocycles. The molecule has 0 atom stereocenters. The molecule has 3 aliphatic rings. The first-order valence-electron chi connectivity index (χ1n) is 2.93. The van der Waals surface area contributed by atoms with Crippen LogP contribution in [0.4, 0.5) is 4.39 Å². The fourth-order valence-corrected chi connectivity index (χ4v) is 4.43. The van der Waals surface area contributed by atoms with Crippen LogP contribution in [0.3, 0.4) is 0 Å². The Bertz CT molecular complexity index is 113. The highest BCUT2D eigenvalue weighted by Crippen LogP contribution is 2.71. The standard InChI is InChI=1S/C6H8FI/c7-4-5-1-6(8,2-5)3-5/h1-4H2. The minimum atomic E-state index is -0.0717. The summed E-state index contributed by atoms with van der Waals surface area (Å²) < 4.78 is 12.6. The summed E-state index contributed by atoms with van der Waals surface area (Å²) in [5.74, 6) is 0. The number of alkyl halides is 2. The minimum absolute atomic E-state index is 0.0717. The number of halogens is 2. The lowest BCUT2D eigenvalue weighted by Crippen LogP contribution is -2.64. The fourth-order valence-electron chi connectivity index (χ4n) is 2.00. The summed E-state index contributed by atoms with van der Waals surface area (Å²) >= 11 is 2.46. The average Bonchev–Trinajstić information content (AvgIpc) is 1.55. The van der Waals surface area contributed by atoms with Crippen LogP contribution < -0.4 is 0 Å². The maximum absolute atomic E-state index is 12.0. The van der Waals surface area contributed by atoms with Gasteiger partial charge in [0.15, 0.2) is 0 Å².